The highest BCUT2D eigenvalue weighted by Gasteiger charge is 2.37. The number of amides is 3. The van der Waals surface area contributed by atoms with Crippen LogP contribution in [-0.4, -0.2) is 78.4 Å². The first-order chi connectivity index (χ1) is 16.5. The predicted octanol–water partition coefficient (Wildman–Crippen LogP) is 3.21. The van der Waals surface area contributed by atoms with Crippen LogP contribution >= 0.6 is 23.7 Å². The van der Waals surface area contributed by atoms with Crippen molar-refractivity contribution >= 4 is 56.8 Å². The number of anilines is 1. The van der Waals surface area contributed by atoms with Crippen LogP contribution in [0.4, 0.5) is 9.52 Å². The second kappa shape index (κ2) is 10.8. The summed E-state index contributed by atoms with van der Waals surface area (Å²) in [5.74, 6) is -1.74. The maximum Gasteiger partial charge on any atom is 0.262 e. The topological polar surface area (TPSA) is 83.1 Å². The highest BCUT2D eigenvalue weighted by atomic mass is 35.5. The second-order valence-electron chi connectivity index (χ2n) is 8.20. The molecule has 11 heteroatoms. The van der Waals surface area contributed by atoms with Gasteiger partial charge in [0.05, 0.1) is 34.6 Å². The third-order valence-electron chi connectivity index (χ3n) is 6.00. The van der Waals surface area contributed by atoms with Gasteiger partial charge in [-0.15, -0.1) is 12.4 Å². The summed E-state index contributed by atoms with van der Waals surface area (Å²) < 4.78 is 19.7. The van der Waals surface area contributed by atoms with Crippen LogP contribution < -0.4 is 4.90 Å². The van der Waals surface area contributed by atoms with Crippen molar-refractivity contribution < 1.29 is 23.5 Å². The summed E-state index contributed by atoms with van der Waals surface area (Å²) in [5.41, 5.74) is 1.19. The Labute approximate surface area is 211 Å². The maximum atomic E-state index is 13.7. The third kappa shape index (κ3) is 5.20. The first-order valence-corrected chi connectivity index (χ1v) is 11.9. The number of morpholine rings is 1. The number of imide groups is 1. The maximum absolute atomic E-state index is 13.7. The first-order valence-electron chi connectivity index (χ1n) is 11.1. The minimum atomic E-state index is -0.478. The number of benzene rings is 2. The van der Waals surface area contributed by atoms with E-state index in [9.17, 15) is 18.8 Å². The van der Waals surface area contributed by atoms with Gasteiger partial charge in [-0.25, -0.2) is 9.37 Å². The minimum absolute atomic E-state index is 0. The Balaban J connectivity index is 0.00000289. The number of carbonyl (C=O) groups is 3. The zero-order valence-corrected chi connectivity index (χ0v) is 20.4. The lowest BCUT2D eigenvalue weighted by Gasteiger charge is -2.28. The highest BCUT2D eigenvalue weighted by molar-refractivity contribution is 7.22. The molecule has 0 aliphatic carbocycles. The summed E-state index contributed by atoms with van der Waals surface area (Å²) in [5, 5.41) is 0.421. The molecule has 1 saturated heterocycles. The molecule has 1 fully saturated rings. The first kappa shape index (κ1) is 25.2. The number of nitrogens with zero attached hydrogens (tertiary/aromatic N) is 4. The quantitative estimate of drug-likeness (QED) is 0.447. The van der Waals surface area contributed by atoms with Crippen LogP contribution in [0.15, 0.2) is 42.5 Å². The van der Waals surface area contributed by atoms with E-state index in [1.54, 1.807) is 30.3 Å². The molecule has 3 heterocycles. The molecular weight excluding hydrogens is 495 g/mol. The summed E-state index contributed by atoms with van der Waals surface area (Å²) in [6.07, 6.45) is 0.679. The molecule has 0 unspecified atom stereocenters. The fraction of sp³-hybridized carbons (Fsp3) is 0.333. The molecule has 1 aromatic heterocycles. The second-order valence-corrected chi connectivity index (χ2v) is 9.21. The molecule has 2 aliphatic rings. The molecule has 0 atom stereocenters. The van der Waals surface area contributed by atoms with E-state index in [1.807, 2.05) is 0 Å². The molecule has 5 rings (SSSR count). The standard InChI is InChI=1S/C24H23FN4O4S.ClH/c25-16-6-7-19-20(14-16)34-24(26-19)28(9-3-8-27-10-12-33-13-11-27)21(30)15-29-22(31)17-4-1-2-5-18(17)23(29)32;/h1-2,4-7,14H,3,8-13,15H2;1H. The zero-order chi connectivity index (χ0) is 23.7. The molecule has 2 aliphatic heterocycles. The van der Waals surface area contributed by atoms with Crippen molar-refractivity contribution in [1.82, 2.24) is 14.8 Å². The number of aromatic nitrogens is 1. The predicted molar refractivity (Wildman–Crippen MR) is 133 cm³/mol. The lowest BCUT2D eigenvalue weighted by atomic mass is 10.1. The molecule has 184 valence electrons. The fourth-order valence-corrected chi connectivity index (χ4v) is 5.24. The number of ether oxygens (including phenoxy) is 1. The van der Waals surface area contributed by atoms with Crippen LogP contribution in [0.25, 0.3) is 10.2 Å². The van der Waals surface area contributed by atoms with Crippen LogP contribution in [0, 0.1) is 5.82 Å². The van der Waals surface area contributed by atoms with Crippen LogP contribution in [0.3, 0.4) is 0 Å². The van der Waals surface area contributed by atoms with Gasteiger partial charge in [-0.3, -0.25) is 29.1 Å². The summed E-state index contributed by atoms with van der Waals surface area (Å²) >= 11 is 1.21. The average Bonchev–Trinajstić information content (AvgIpc) is 3.37. The van der Waals surface area contributed by atoms with E-state index < -0.39 is 17.7 Å². The number of fused-ring (bicyclic) bond motifs is 2. The number of thiazole rings is 1. The summed E-state index contributed by atoms with van der Waals surface area (Å²) in [6, 6.07) is 10.8. The van der Waals surface area contributed by atoms with E-state index in [1.165, 1.54) is 28.4 Å². The van der Waals surface area contributed by atoms with Crippen molar-refractivity contribution in [2.75, 3.05) is 50.8 Å². The fourth-order valence-electron chi connectivity index (χ4n) is 4.21. The minimum Gasteiger partial charge on any atom is -0.379 e. The Bertz CT molecular complexity index is 1230. The van der Waals surface area contributed by atoms with Crippen LogP contribution in [0.5, 0.6) is 0 Å². The number of hydrogen-bond acceptors (Lipinski definition) is 7. The Morgan fingerprint density at radius 1 is 1.09 bits per heavy atom. The van der Waals surface area contributed by atoms with E-state index >= 15 is 0 Å². The number of rotatable bonds is 7. The van der Waals surface area contributed by atoms with Gasteiger partial charge in [-0.1, -0.05) is 23.5 Å². The largest absolute Gasteiger partial charge is 0.379 e. The van der Waals surface area contributed by atoms with Crippen LogP contribution in [0.1, 0.15) is 27.1 Å². The summed E-state index contributed by atoms with van der Waals surface area (Å²) in [6.45, 7) is 3.81. The van der Waals surface area contributed by atoms with E-state index in [2.05, 4.69) is 9.88 Å². The van der Waals surface area contributed by atoms with Gasteiger partial charge < -0.3 is 4.74 Å². The van der Waals surface area contributed by atoms with Crippen molar-refractivity contribution in [3.8, 4) is 0 Å². The molecule has 0 bridgehead atoms. The lowest BCUT2D eigenvalue weighted by Crippen LogP contribution is -2.44. The average molecular weight is 519 g/mol. The molecule has 0 saturated carbocycles. The third-order valence-corrected chi connectivity index (χ3v) is 7.04. The van der Waals surface area contributed by atoms with Gasteiger partial charge in [-0.2, -0.15) is 0 Å². The SMILES string of the molecule is Cl.O=C1c2ccccc2C(=O)N1CC(=O)N(CCCN1CCOCC1)c1nc2ccc(F)cc2s1. The van der Waals surface area contributed by atoms with Gasteiger partial charge in [-0.05, 0) is 36.8 Å². The molecule has 2 aromatic carbocycles. The molecule has 35 heavy (non-hydrogen) atoms. The Hall–Kier alpha value is -2.92. The Morgan fingerprint density at radius 2 is 1.77 bits per heavy atom. The molecule has 3 amide bonds. The number of hydrogen-bond donors (Lipinski definition) is 0. The van der Waals surface area contributed by atoms with Crippen LogP contribution in [-0.2, 0) is 9.53 Å². The monoisotopic (exact) mass is 518 g/mol. The van der Waals surface area contributed by atoms with Gasteiger partial charge in [0.2, 0.25) is 5.91 Å². The van der Waals surface area contributed by atoms with Gasteiger partial charge >= 0.3 is 0 Å². The molecule has 8 nitrogen and oxygen atoms in total. The number of halogens is 2. The molecule has 0 spiro atoms. The highest BCUT2D eigenvalue weighted by Crippen LogP contribution is 2.30. The van der Waals surface area contributed by atoms with Crippen molar-refractivity contribution in [2.45, 2.75) is 6.42 Å². The van der Waals surface area contributed by atoms with E-state index in [-0.39, 0.29) is 24.8 Å². The van der Waals surface area contributed by atoms with E-state index in [0.29, 0.717) is 52.7 Å². The van der Waals surface area contributed by atoms with Crippen molar-refractivity contribution in [3.05, 3.63) is 59.4 Å². The van der Waals surface area contributed by atoms with Gasteiger partial charge in [0.1, 0.15) is 12.4 Å². The summed E-state index contributed by atoms with van der Waals surface area (Å²) in [4.78, 5) is 48.2. The molecular formula is C24H24ClFN4O4S. The van der Waals surface area contributed by atoms with Gasteiger partial charge in [0.15, 0.2) is 5.13 Å². The van der Waals surface area contributed by atoms with Gasteiger partial charge in [0.25, 0.3) is 11.8 Å². The van der Waals surface area contributed by atoms with Crippen LogP contribution in [0.2, 0.25) is 0 Å². The zero-order valence-electron chi connectivity index (χ0n) is 18.8. The van der Waals surface area contributed by atoms with Crippen molar-refractivity contribution in [2.24, 2.45) is 0 Å². The Kier molecular flexibility index (Phi) is 7.75. The molecule has 0 radical (unpaired) electrons. The molecule has 3 aromatic rings. The smallest absolute Gasteiger partial charge is 0.262 e. The number of carbonyl (C=O) groups excluding carboxylic acids is 3. The van der Waals surface area contributed by atoms with E-state index in [4.69, 9.17) is 4.74 Å². The van der Waals surface area contributed by atoms with Crippen molar-refractivity contribution in [1.29, 1.82) is 0 Å². The lowest BCUT2D eigenvalue weighted by molar-refractivity contribution is -0.119. The molecule has 0 N–H and O–H groups in total. The van der Waals surface area contributed by atoms with Crippen molar-refractivity contribution in [3.63, 3.8) is 0 Å². The summed E-state index contributed by atoms with van der Waals surface area (Å²) in [7, 11) is 0. The Morgan fingerprint density at radius 3 is 2.46 bits per heavy atom. The van der Waals surface area contributed by atoms with E-state index in [0.717, 1.165) is 24.5 Å². The van der Waals surface area contributed by atoms with Gasteiger partial charge in [0, 0.05) is 26.2 Å². The normalized spacial score (nSPS) is 15.9.